The average Bonchev–Trinajstić information content (AvgIpc) is 3.05. The summed E-state index contributed by atoms with van der Waals surface area (Å²) in [4.78, 5) is 29.4. The van der Waals surface area contributed by atoms with E-state index in [0.29, 0.717) is 18.0 Å². The lowest BCUT2D eigenvalue weighted by atomic mass is 10.0. The molecule has 0 radical (unpaired) electrons. The maximum absolute atomic E-state index is 14.5. The summed E-state index contributed by atoms with van der Waals surface area (Å²) in [5.41, 5.74) is 2.99. The minimum absolute atomic E-state index is 0.0772. The highest BCUT2D eigenvalue weighted by molar-refractivity contribution is 7.92. The number of anilines is 1. The molecule has 0 saturated carbocycles. The van der Waals surface area contributed by atoms with Crippen LogP contribution in [0.2, 0.25) is 0 Å². The fourth-order valence-corrected chi connectivity index (χ4v) is 6.51. The Morgan fingerprint density at radius 1 is 0.800 bits per heavy atom. The quantitative estimate of drug-likeness (QED) is 0.211. The SMILES string of the molecule is CCNC(=O)C(Cc1ccccc1)N(Cc1cccc(C)c1)C(=O)CN(c1ccccc1)S(=O)(=O)c1ccc(OC)c(OC)c1. The van der Waals surface area contributed by atoms with Crippen LogP contribution in [-0.4, -0.2) is 58.5 Å². The third-order valence-corrected chi connectivity index (χ3v) is 9.09. The van der Waals surface area contributed by atoms with Gasteiger partial charge in [0, 0.05) is 25.6 Å². The summed E-state index contributed by atoms with van der Waals surface area (Å²) in [5.74, 6) is -0.250. The number of benzene rings is 4. The van der Waals surface area contributed by atoms with Gasteiger partial charge in [0.1, 0.15) is 12.6 Å². The lowest BCUT2D eigenvalue weighted by molar-refractivity contribution is -0.140. The number of carbonyl (C=O) groups is 2. The first kappa shape index (κ1) is 33.1. The topological polar surface area (TPSA) is 105 Å². The van der Waals surface area contributed by atoms with Gasteiger partial charge in [0.15, 0.2) is 11.5 Å². The number of ether oxygens (including phenoxy) is 2. The number of methoxy groups -OCH3 is 2. The van der Waals surface area contributed by atoms with Crippen molar-refractivity contribution in [3.63, 3.8) is 0 Å². The van der Waals surface area contributed by atoms with E-state index < -0.39 is 28.5 Å². The molecule has 4 aromatic carbocycles. The fourth-order valence-electron chi connectivity index (χ4n) is 5.08. The lowest BCUT2D eigenvalue weighted by Crippen LogP contribution is -2.53. The standard InChI is InChI=1S/C35H39N3O6S/c1-5-36-35(40)31(22-27-14-8-6-9-15-27)37(24-28-16-12-13-26(2)21-28)34(39)25-38(29-17-10-7-11-18-29)45(41,42)30-19-20-32(43-3)33(23-30)44-4/h6-21,23,31H,5,22,24-25H2,1-4H3,(H,36,40). The van der Waals surface area contributed by atoms with E-state index in [1.165, 1.54) is 37.3 Å². The van der Waals surface area contributed by atoms with Crippen molar-refractivity contribution in [2.45, 2.75) is 37.8 Å². The number of sulfonamides is 1. The zero-order chi connectivity index (χ0) is 32.4. The Hall–Kier alpha value is -4.83. The van der Waals surface area contributed by atoms with Crippen molar-refractivity contribution in [3.8, 4) is 11.5 Å². The summed E-state index contributed by atoms with van der Waals surface area (Å²) in [5, 5.41) is 2.87. The highest BCUT2D eigenvalue weighted by Crippen LogP contribution is 2.32. The van der Waals surface area contributed by atoms with Gasteiger partial charge in [-0.15, -0.1) is 0 Å². The van der Waals surface area contributed by atoms with Crippen molar-refractivity contribution >= 4 is 27.5 Å². The summed E-state index contributed by atoms with van der Waals surface area (Å²) in [6, 6.07) is 28.9. The van der Waals surface area contributed by atoms with Gasteiger partial charge >= 0.3 is 0 Å². The molecule has 0 aliphatic heterocycles. The summed E-state index contributed by atoms with van der Waals surface area (Å²) in [7, 11) is -1.40. The number of likely N-dealkylation sites (N-methyl/N-ethyl adjacent to an activating group) is 1. The lowest BCUT2D eigenvalue weighted by Gasteiger charge is -2.34. The van der Waals surface area contributed by atoms with Crippen molar-refractivity contribution in [2.24, 2.45) is 0 Å². The molecular formula is C35H39N3O6S. The van der Waals surface area contributed by atoms with E-state index in [0.717, 1.165) is 21.0 Å². The minimum Gasteiger partial charge on any atom is -0.493 e. The van der Waals surface area contributed by atoms with Crippen LogP contribution in [0.25, 0.3) is 0 Å². The van der Waals surface area contributed by atoms with Crippen molar-refractivity contribution in [2.75, 3.05) is 31.6 Å². The van der Waals surface area contributed by atoms with Gasteiger partial charge in [0.2, 0.25) is 11.8 Å². The maximum Gasteiger partial charge on any atom is 0.264 e. The highest BCUT2D eigenvalue weighted by Gasteiger charge is 2.34. The van der Waals surface area contributed by atoms with Crippen LogP contribution in [0, 0.1) is 6.92 Å². The summed E-state index contributed by atoms with van der Waals surface area (Å²) in [6.07, 6.45) is 0.248. The highest BCUT2D eigenvalue weighted by atomic mass is 32.2. The number of para-hydroxylation sites is 1. The zero-order valence-corrected chi connectivity index (χ0v) is 26.8. The second-order valence-corrected chi connectivity index (χ2v) is 12.3. The molecule has 4 rings (SSSR count). The van der Waals surface area contributed by atoms with Gasteiger partial charge in [0.05, 0.1) is 24.8 Å². The molecule has 2 amide bonds. The normalized spacial score (nSPS) is 11.7. The minimum atomic E-state index is -4.29. The fraction of sp³-hybridized carbons (Fsp3) is 0.257. The smallest absolute Gasteiger partial charge is 0.264 e. The summed E-state index contributed by atoms with van der Waals surface area (Å²) in [6.45, 7) is 3.70. The molecule has 9 nitrogen and oxygen atoms in total. The molecule has 1 atom stereocenters. The number of hydrogen-bond acceptors (Lipinski definition) is 6. The molecule has 0 spiro atoms. The number of nitrogens with one attached hydrogen (secondary N) is 1. The van der Waals surface area contributed by atoms with Crippen LogP contribution in [-0.2, 0) is 32.6 Å². The molecule has 236 valence electrons. The monoisotopic (exact) mass is 629 g/mol. The van der Waals surface area contributed by atoms with Gasteiger partial charge in [-0.2, -0.15) is 0 Å². The first-order valence-corrected chi connectivity index (χ1v) is 16.1. The molecule has 10 heteroatoms. The van der Waals surface area contributed by atoms with E-state index >= 15 is 0 Å². The number of aryl methyl sites for hydroxylation is 1. The first-order chi connectivity index (χ1) is 21.7. The van der Waals surface area contributed by atoms with Gasteiger partial charge in [-0.3, -0.25) is 13.9 Å². The molecule has 45 heavy (non-hydrogen) atoms. The average molecular weight is 630 g/mol. The predicted molar refractivity (Wildman–Crippen MR) is 175 cm³/mol. The molecule has 1 unspecified atom stereocenters. The van der Waals surface area contributed by atoms with Crippen LogP contribution >= 0.6 is 0 Å². The largest absolute Gasteiger partial charge is 0.493 e. The van der Waals surface area contributed by atoms with Crippen molar-refractivity contribution in [1.82, 2.24) is 10.2 Å². The van der Waals surface area contributed by atoms with Crippen LogP contribution in [0.5, 0.6) is 11.5 Å². The third kappa shape index (κ3) is 8.21. The van der Waals surface area contributed by atoms with E-state index in [4.69, 9.17) is 9.47 Å². The van der Waals surface area contributed by atoms with Crippen LogP contribution in [0.15, 0.2) is 108 Å². The molecule has 0 aliphatic rings. The van der Waals surface area contributed by atoms with Gasteiger partial charge in [0.25, 0.3) is 10.0 Å². The Morgan fingerprint density at radius 3 is 2.07 bits per heavy atom. The number of nitrogens with zero attached hydrogens (tertiary/aromatic N) is 2. The van der Waals surface area contributed by atoms with Crippen molar-refractivity contribution in [1.29, 1.82) is 0 Å². The predicted octanol–water partition coefficient (Wildman–Crippen LogP) is 4.98. The van der Waals surface area contributed by atoms with E-state index in [2.05, 4.69) is 5.32 Å². The van der Waals surface area contributed by atoms with Crippen LogP contribution < -0.4 is 19.1 Å². The zero-order valence-electron chi connectivity index (χ0n) is 26.0. The van der Waals surface area contributed by atoms with E-state index in [-0.39, 0.29) is 29.5 Å². The Balaban J connectivity index is 1.80. The number of amides is 2. The number of rotatable bonds is 14. The molecule has 0 aromatic heterocycles. The summed E-state index contributed by atoms with van der Waals surface area (Å²) < 4.78 is 40.2. The molecule has 1 N–H and O–H groups in total. The van der Waals surface area contributed by atoms with Gasteiger partial charge in [-0.05, 0) is 49.2 Å². The van der Waals surface area contributed by atoms with E-state index in [9.17, 15) is 18.0 Å². The Kier molecular flexibility index (Phi) is 11.2. The van der Waals surface area contributed by atoms with Gasteiger partial charge < -0.3 is 19.7 Å². The third-order valence-electron chi connectivity index (χ3n) is 7.32. The first-order valence-electron chi connectivity index (χ1n) is 14.6. The Morgan fingerprint density at radius 2 is 1.44 bits per heavy atom. The van der Waals surface area contributed by atoms with Crippen LogP contribution in [0.4, 0.5) is 5.69 Å². The Labute approximate surface area is 265 Å². The van der Waals surface area contributed by atoms with E-state index in [1.807, 2.05) is 68.4 Å². The van der Waals surface area contributed by atoms with E-state index in [1.54, 1.807) is 30.3 Å². The molecule has 0 fully saturated rings. The van der Waals surface area contributed by atoms with Crippen LogP contribution in [0.1, 0.15) is 23.6 Å². The number of hydrogen-bond donors (Lipinski definition) is 1. The molecule has 0 aliphatic carbocycles. The second-order valence-electron chi connectivity index (χ2n) is 10.5. The maximum atomic E-state index is 14.5. The molecule has 0 saturated heterocycles. The molecule has 0 heterocycles. The van der Waals surface area contributed by atoms with Gasteiger partial charge in [-0.25, -0.2) is 8.42 Å². The van der Waals surface area contributed by atoms with Crippen molar-refractivity contribution in [3.05, 3.63) is 120 Å². The molecule has 4 aromatic rings. The second kappa shape index (κ2) is 15.3. The van der Waals surface area contributed by atoms with Gasteiger partial charge in [-0.1, -0.05) is 78.4 Å². The Bertz CT molecular complexity index is 1700. The summed E-state index contributed by atoms with van der Waals surface area (Å²) >= 11 is 0. The molecule has 0 bridgehead atoms. The number of carbonyl (C=O) groups excluding carboxylic acids is 2. The van der Waals surface area contributed by atoms with Crippen molar-refractivity contribution < 1.29 is 27.5 Å². The van der Waals surface area contributed by atoms with Crippen LogP contribution in [0.3, 0.4) is 0 Å². The molecular weight excluding hydrogens is 590 g/mol.